The summed E-state index contributed by atoms with van der Waals surface area (Å²) in [6.07, 6.45) is 6.67. The number of nitrogens with zero attached hydrogens (tertiary/aromatic N) is 4. The fraction of sp³-hybridized carbons (Fsp3) is 0.765. The quantitative estimate of drug-likeness (QED) is 0.845. The summed E-state index contributed by atoms with van der Waals surface area (Å²) in [5.41, 5.74) is 0. The molecular formula is C17H28N4O2. The second-order valence-corrected chi connectivity index (χ2v) is 6.56. The number of hydrogen-bond donors (Lipinski definition) is 0. The summed E-state index contributed by atoms with van der Waals surface area (Å²) in [6, 6.07) is 0.168. The fourth-order valence-corrected chi connectivity index (χ4v) is 3.73. The van der Waals surface area contributed by atoms with Crippen molar-refractivity contribution in [3.05, 3.63) is 18.2 Å². The maximum atomic E-state index is 12.8. The van der Waals surface area contributed by atoms with E-state index in [1.807, 2.05) is 24.3 Å². The van der Waals surface area contributed by atoms with Crippen LogP contribution in [0.5, 0.6) is 0 Å². The van der Waals surface area contributed by atoms with Gasteiger partial charge in [0.25, 0.3) is 5.91 Å². The Morgan fingerprint density at radius 3 is 2.78 bits per heavy atom. The van der Waals surface area contributed by atoms with Crippen molar-refractivity contribution in [1.82, 2.24) is 19.4 Å². The van der Waals surface area contributed by atoms with Crippen LogP contribution in [0, 0.1) is 0 Å². The number of carbonyl (C=O) groups is 1. The van der Waals surface area contributed by atoms with Gasteiger partial charge >= 0.3 is 0 Å². The first-order valence-electron chi connectivity index (χ1n) is 8.79. The highest BCUT2D eigenvalue weighted by atomic mass is 16.5. The summed E-state index contributed by atoms with van der Waals surface area (Å²) in [7, 11) is 2.02. The molecule has 0 spiro atoms. The molecule has 6 nitrogen and oxygen atoms in total. The van der Waals surface area contributed by atoms with Crippen LogP contribution in [0.4, 0.5) is 0 Å². The van der Waals surface area contributed by atoms with Crippen LogP contribution in [0.2, 0.25) is 0 Å². The molecule has 128 valence electrons. The first-order chi connectivity index (χ1) is 11.1. The monoisotopic (exact) mass is 320 g/mol. The van der Waals surface area contributed by atoms with Gasteiger partial charge in [-0.25, -0.2) is 4.98 Å². The first-order valence-corrected chi connectivity index (χ1v) is 8.79. The van der Waals surface area contributed by atoms with Gasteiger partial charge in [0.15, 0.2) is 0 Å². The molecule has 3 heterocycles. The van der Waals surface area contributed by atoms with Crippen LogP contribution in [0.3, 0.4) is 0 Å². The molecule has 2 saturated heterocycles. The van der Waals surface area contributed by atoms with E-state index in [1.54, 1.807) is 0 Å². The molecule has 1 amide bonds. The van der Waals surface area contributed by atoms with E-state index in [2.05, 4.69) is 28.3 Å². The van der Waals surface area contributed by atoms with Gasteiger partial charge in [0.05, 0.1) is 12.1 Å². The molecule has 0 radical (unpaired) electrons. The van der Waals surface area contributed by atoms with Gasteiger partial charge in [0, 0.05) is 39.1 Å². The van der Waals surface area contributed by atoms with Crippen molar-refractivity contribution in [3.8, 4) is 0 Å². The van der Waals surface area contributed by atoms with Crippen LogP contribution < -0.4 is 0 Å². The van der Waals surface area contributed by atoms with Crippen LogP contribution in [-0.2, 0) is 16.6 Å². The number of aromatic nitrogens is 2. The Morgan fingerprint density at radius 2 is 2.17 bits per heavy atom. The number of rotatable bonds is 4. The Labute approximate surface area is 138 Å². The Hall–Kier alpha value is -1.40. The van der Waals surface area contributed by atoms with Gasteiger partial charge in [-0.15, -0.1) is 0 Å². The molecule has 23 heavy (non-hydrogen) atoms. The molecule has 0 aliphatic carbocycles. The van der Waals surface area contributed by atoms with E-state index in [9.17, 15) is 4.79 Å². The zero-order chi connectivity index (χ0) is 16.4. The van der Waals surface area contributed by atoms with E-state index in [0.29, 0.717) is 6.54 Å². The average molecular weight is 320 g/mol. The second-order valence-electron chi connectivity index (χ2n) is 6.56. The molecule has 1 aromatic heterocycles. The number of amides is 1. The van der Waals surface area contributed by atoms with Crippen LogP contribution in [-0.4, -0.2) is 63.6 Å². The molecule has 0 saturated carbocycles. The summed E-state index contributed by atoms with van der Waals surface area (Å²) in [4.78, 5) is 21.7. The van der Waals surface area contributed by atoms with Crippen molar-refractivity contribution < 1.29 is 9.53 Å². The van der Waals surface area contributed by atoms with E-state index in [4.69, 9.17) is 4.74 Å². The number of carbonyl (C=O) groups excluding carboxylic acids is 1. The molecule has 0 bridgehead atoms. The highest BCUT2D eigenvalue weighted by Gasteiger charge is 2.37. The van der Waals surface area contributed by atoms with Crippen molar-refractivity contribution in [1.29, 1.82) is 0 Å². The minimum Gasteiger partial charge on any atom is -0.365 e. The molecule has 3 atom stereocenters. The maximum absolute atomic E-state index is 12.8. The number of ether oxygens (including phenoxy) is 1. The maximum Gasteiger partial charge on any atom is 0.251 e. The summed E-state index contributed by atoms with van der Waals surface area (Å²) in [5, 5.41) is 0. The molecule has 1 aromatic rings. The largest absolute Gasteiger partial charge is 0.365 e. The Kier molecular flexibility index (Phi) is 5.02. The average Bonchev–Trinajstić information content (AvgIpc) is 3.22. The number of hydrogen-bond acceptors (Lipinski definition) is 4. The summed E-state index contributed by atoms with van der Waals surface area (Å²) >= 11 is 0. The summed E-state index contributed by atoms with van der Waals surface area (Å²) in [5.74, 6) is 1.19. The van der Waals surface area contributed by atoms with Crippen LogP contribution in [0.15, 0.2) is 12.4 Å². The van der Waals surface area contributed by atoms with Crippen molar-refractivity contribution in [2.24, 2.45) is 7.05 Å². The lowest BCUT2D eigenvalue weighted by molar-refractivity contribution is -0.146. The van der Waals surface area contributed by atoms with Crippen LogP contribution in [0.1, 0.15) is 45.0 Å². The lowest BCUT2D eigenvalue weighted by atomic mass is 10.1. The molecular weight excluding hydrogens is 292 g/mol. The van der Waals surface area contributed by atoms with E-state index in [1.165, 1.54) is 0 Å². The third-order valence-corrected chi connectivity index (χ3v) is 5.20. The molecule has 2 fully saturated rings. The van der Waals surface area contributed by atoms with Crippen LogP contribution in [0.25, 0.3) is 0 Å². The van der Waals surface area contributed by atoms with Crippen LogP contribution >= 0.6 is 0 Å². The molecule has 2 aliphatic heterocycles. The minimum atomic E-state index is -0.241. The Morgan fingerprint density at radius 1 is 1.35 bits per heavy atom. The number of imidazole rings is 1. The van der Waals surface area contributed by atoms with Crippen molar-refractivity contribution in [3.63, 3.8) is 0 Å². The zero-order valence-corrected chi connectivity index (χ0v) is 14.4. The highest BCUT2D eigenvalue weighted by molar-refractivity contribution is 5.81. The van der Waals surface area contributed by atoms with E-state index in [-0.39, 0.29) is 24.2 Å². The molecule has 6 heteroatoms. The van der Waals surface area contributed by atoms with Crippen molar-refractivity contribution in [2.45, 2.75) is 51.4 Å². The van der Waals surface area contributed by atoms with E-state index >= 15 is 0 Å². The third kappa shape index (κ3) is 3.28. The lowest BCUT2D eigenvalue weighted by Gasteiger charge is -2.41. The van der Waals surface area contributed by atoms with Gasteiger partial charge in [-0.05, 0) is 25.8 Å². The predicted molar refractivity (Wildman–Crippen MR) is 88.0 cm³/mol. The third-order valence-electron chi connectivity index (χ3n) is 5.20. The van der Waals surface area contributed by atoms with E-state index in [0.717, 1.165) is 44.7 Å². The number of piperazine rings is 1. The highest BCUT2D eigenvalue weighted by Crippen LogP contribution is 2.27. The predicted octanol–water partition coefficient (Wildman–Crippen LogP) is 1.58. The van der Waals surface area contributed by atoms with Crippen molar-refractivity contribution in [2.75, 3.05) is 26.2 Å². The van der Waals surface area contributed by atoms with Gasteiger partial charge in [-0.3, -0.25) is 9.69 Å². The molecule has 0 unspecified atom stereocenters. The number of aryl methyl sites for hydroxylation is 1. The van der Waals surface area contributed by atoms with Gasteiger partial charge in [-0.2, -0.15) is 0 Å². The molecule has 2 aliphatic rings. The normalized spacial score (nSPS) is 29.2. The Bertz CT molecular complexity index is 544. The van der Waals surface area contributed by atoms with Gasteiger partial charge in [-0.1, -0.05) is 13.8 Å². The minimum absolute atomic E-state index is 0.163. The summed E-state index contributed by atoms with van der Waals surface area (Å²) in [6.45, 7) is 7.63. The molecule has 0 N–H and O–H groups in total. The topological polar surface area (TPSA) is 50.6 Å². The van der Waals surface area contributed by atoms with Crippen molar-refractivity contribution >= 4 is 5.91 Å². The van der Waals surface area contributed by atoms with Gasteiger partial charge in [0.2, 0.25) is 0 Å². The SMILES string of the molecule is CC[C@@H]1CC[C@@H](C(=O)N2CCN(CC)[C@@H](c3nccn3C)C2)O1. The molecule has 3 rings (SSSR count). The smallest absolute Gasteiger partial charge is 0.251 e. The standard InChI is InChI=1S/C17H28N4O2/c1-4-13-6-7-15(23-13)17(22)21-11-10-20(5-2)14(12-21)16-18-8-9-19(16)3/h8-9,13-15H,4-7,10-12H2,1-3H3/t13-,14-,15+/m1/s1. The van der Waals surface area contributed by atoms with Gasteiger partial charge < -0.3 is 14.2 Å². The van der Waals surface area contributed by atoms with E-state index < -0.39 is 0 Å². The second kappa shape index (κ2) is 7.01. The lowest BCUT2D eigenvalue weighted by Crippen LogP contribution is -2.53. The fourth-order valence-electron chi connectivity index (χ4n) is 3.73. The zero-order valence-electron chi connectivity index (χ0n) is 14.4. The molecule has 0 aromatic carbocycles. The first kappa shape index (κ1) is 16.5. The Balaban J connectivity index is 1.70. The number of likely N-dealkylation sites (N-methyl/N-ethyl adjacent to an activating group) is 1. The van der Waals surface area contributed by atoms with Gasteiger partial charge in [0.1, 0.15) is 11.9 Å². The summed E-state index contributed by atoms with van der Waals surface area (Å²) < 4.78 is 7.96.